The monoisotopic (exact) mass is 268 g/mol. The van der Waals surface area contributed by atoms with E-state index >= 15 is 0 Å². The van der Waals surface area contributed by atoms with Gasteiger partial charge in [-0.25, -0.2) is 0 Å². The van der Waals surface area contributed by atoms with Crippen LogP contribution in [0.4, 0.5) is 0 Å². The van der Waals surface area contributed by atoms with Gasteiger partial charge in [-0.3, -0.25) is 14.6 Å². The van der Waals surface area contributed by atoms with Crippen LogP contribution in [0.25, 0.3) is 0 Å². The Bertz CT molecular complexity index is 498. The van der Waals surface area contributed by atoms with E-state index in [0.29, 0.717) is 23.7 Å². The van der Waals surface area contributed by atoms with Crippen molar-refractivity contribution in [2.75, 3.05) is 13.1 Å². The van der Waals surface area contributed by atoms with Gasteiger partial charge in [-0.15, -0.1) is 0 Å². The number of carbonyl (C=O) groups excluding carboxylic acids is 1. The molecule has 1 N–H and O–H groups in total. The standard InChI is InChI=1S/C12H13ClN2O3/c1-7-2-10(13)9(4-14-7)12(18)15-5-8(6-15)3-11(16)17/h2,4,8H,3,5-6H2,1H3,(H,16,17). The summed E-state index contributed by atoms with van der Waals surface area (Å²) in [5.74, 6) is -0.972. The largest absolute Gasteiger partial charge is 0.481 e. The molecular weight excluding hydrogens is 256 g/mol. The van der Waals surface area contributed by atoms with Crippen LogP contribution in [-0.4, -0.2) is 40.0 Å². The second-order valence-electron chi connectivity index (χ2n) is 4.48. The molecule has 6 heteroatoms. The van der Waals surface area contributed by atoms with Crippen LogP contribution in [0.3, 0.4) is 0 Å². The fourth-order valence-electron chi connectivity index (χ4n) is 1.97. The number of aryl methyl sites for hydroxylation is 1. The van der Waals surface area contributed by atoms with Crippen molar-refractivity contribution >= 4 is 23.5 Å². The lowest BCUT2D eigenvalue weighted by Gasteiger charge is -2.38. The van der Waals surface area contributed by atoms with E-state index in [1.165, 1.54) is 6.20 Å². The molecule has 1 amide bonds. The smallest absolute Gasteiger partial charge is 0.303 e. The average Bonchev–Trinajstić information content (AvgIpc) is 2.21. The Labute approximate surface area is 109 Å². The van der Waals surface area contributed by atoms with Gasteiger partial charge in [0.05, 0.1) is 17.0 Å². The maximum absolute atomic E-state index is 12.0. The lowest BCUT2D eigenvalue weighted by Crippen LogP contribution is -2.50. The number of rotatable bonds is 3. The summed E-state index contributed by atoms with van der Waals surface area (Å²) in [6.45, 7) is 2.73. The molecule has 96 valence electrons. The predicted octanol–water partition coefficient (Wildman–Crippen LogP) is 1.59. The third kappa shape index (κ3) is 2.61. The molecule has 1 saturated heterocycles. The van der Waals surface area contributed by atoms with E-state index in [0.717, 1.165) is 5.69 Å². The number of nitrogens with zero attached hydrogens (tertiary/aromatic N) is 2. The molecule has 1 aromatic rings. The third-order valence-corrected chi connectivity index (χ3v) is 3.24. The zero-order valence-corrected chi connectivity index (χ0v) is 10.6. The van der Waals surface area contributed by atoms with Crippen LogP contribution in [0.5, 0.6) is 0 Å². The first-order valence-electron chi connectivity index (χ1n) is 5.60. The van der Waals surface area contributed by atoms with Crippen LogP contribution in [0.2, 0.25) is 5.02 Å². The number of hydrogen-bond acceptors (Lipinski definition) is 3. The first kappa shape index (κ1) is 12.8. The number of carboxylic acid groups (broad SMARTS) is 1. The Morgan fingerprint density at radius 3 is 2.78 bits per heavy atom. The van der Waals surface area contributed by atoms with Crippen LogP contribution in [0.1, 0.15) is 22.5 Å². The SMILES string of the molecule is Cc1cc(Cl)c(C(=O)N2CC(CC(=O)O)C2)cn1. The molecule has 0 unspecified atom stereocenters. The lowest BCUT2D eigenvalue weighted by atomic mass is 9.95. The zero-order valence-electron chi connectivity index (χ0n) is 9.89. The second-order valence-corrected chi connectivity index (χ2v) is 4.89. The average molecular weight is 269 g/mol. The van der Waals surface area contributed by atoms with Crippen LogP contribution in [0.15, 0.2) is 12.3 Å². The Kier molecular flexibility index (Phi) is 3.52. The van der Waals surface area contributed by atoms with Gasteiger partial charge >= 0.3 is 5.97 Å². The number of aromatic nitrogens is 1. The van der Waals surface area contributed by atoms with Gasteiger partial charge in [-0.1, -0.05) is 11.6 Å². The van der Waals surface area contributed by atoms with Gasteiger partial charge in [0.15, 0.2) is 0 Å². The lowest BCUT2D eigenvalue weighted by molar-refractivity contribution is -0.139. The highest BCUT2D eigenvalue weighted by Crippen LogP contribution is 2.24. The van der Waals surface area contributed by atoms with Crippen molar-refractivity contribution in [1.82, 2.24) is 9.88 Å². The van der Waals surface area contributed by atoms with Crippen molar-refractivity contribution in [3.05, 3.63) is 28.5 Å². The quantitative estimate of drug-likeness (QED) is 0.904. The fourth-order valence-corrected chi connectivity index (χ4v) is 2.25. The minimum absolute atomic E-state index is 0.0450. The number of hydrogen-bond donors (Lipinski definition) is 1. The molecule has 0 bridgehead atoms. The Balaban J connectivity index is 1.99. The molecule has 0 saturated carbocycles. The van der Waals surface area contributed by atoms with Crippen molar-refractivity contribution < 1.29 is 14.7 Å². The van der Waals surface area contributed by atoms with Crippen molar-refractivity contribution in [2.45, 2.75) is 13.3 Å². The van der Waals surface area contributed by atoms with Crippen LogP contribution in [0, 0.1) is 12.8 Å². The van der Waals surface area contributed by atoms with Crippen LogP contribution in [-0.2, 0) is 4.79 Å². The summed E-state index contributed by atoms with van der Waals surface area (Å²) >= 11 is 5.99. The number of aliphatic carboxylic acids is 1. The van der Waals surface area contributed by atoms with E-state index < -0.39 is 5.97 Å². The van der Waals surface area contributed by atoms with E-state index in [9.17, 15) is 9.59 Å². The Morgan fingerprint density at radius 1 is 1.56 bits per heavy atom. The van der Waals surface area contributed by atoms with Crippen LogP contribution < -0.4 is 0 Å². The maximum atomic E-state index is 12.0. The van der Waals surface area contributed by atoms with E-state index in [2.05, 4.69) is 4.98 Å². The number of carbonyl (C=O) groups is 2. The second kappa shape index (κ2) is 4.94. The van der Waals surface area contributed by atoms with Crippen LogP contribution >= 0.6 is 11.6 Å². The van der Waals surface area contributed by atoms with Gasteiger partial charge < -0.3 is 10.0 Å². The maximum Gasteiger partial charge on any atom is 0.303 e. The summed E-state index contributed by atoms with van der Waals surface area (Å²) in [6.07, 6.45) is 1.56. The van der Waals surface area contributed by atoms with Gasteiger partial charge in [-0.2, -0.15) is 0 Å². The minimum Gasteiger partial charge on any atom is -0.481 e. The zero-order chi connectivity index (χ0) is 13.3. The first-order valence-corrected chi connectivity index (χ1v) is 5.98. The molecular formula is C12H13ClN2O3. The summed E-state index contributed by atoms with van der Waals surface area (Å²) < 4.78 is 0. The molecule has 2 rings (SSSR count). The van der Waals surface area contributed by atoms with Crippen molar-refractivity contribution in [1.29, 1.82) is 0 Å². The van der Waals surface area contributed by atoms with Crippen molar-refractivity contribution in [2.24, 2.45) is 5.92 Å². The van der Waals surface area contributed by atoms with Gasteiger partial charge in [0.25, 0.3) is 5.91 Å². The van der Waals surface area contributed by atoms with E-state index in [-0.39, 0.29) is 18.2 Å². The number of likely N-dealkylation sites (tertiary alicyclic amines) is 1. The van der Waals surface area contributed by atoms with Gasteiger partial charge in [0.2, 0.25) is 0 Å². The van der Waals surface area contributed by atoms with Gasteiger partial charge in [-0.05, 0) is 13.0 Å². The Hall–Kier alpha value is -1.62. The van der Waals surface area contributed by atoms with Gasteiger partial charge in [0, 0.05) is 30.9 Å². The van der Waals surface area contributed by atoms with Gasteiger partial charge in [0.1, 0.15) is 0 Å². The molecule has 18 heavy (non-hydrogen) atoms. The number of halogens is 1. The molecule has 0 spiro atoms. The first-order chi connectivity index (χ1) is 8.47. The molecule has 2 heterocycles. The molecule has 0 aromatic carbocycles. The summed E-state index contributed by atoms with van der Waals surface area (Å²) in [5, 5.41) is 9.01. The van der Waals surface area contributed by atoms with E-state index in [1.54, 1.807) is 17.9 Å². The molecule has 1 aliphatic heterocycles. The topological polar surface area (TPSA) is 70.5 Å². The Morgan fingerprint density at radius 2 is 2.22 bits per heavy atom. The number of pyridine rings is 1. The summed E-state index contributed by atoms with van der Waals surface area (Å²) in [5.41, 5.74) is 1.12. The summed E-state index contributed by atoms with van der Waals surface area (Å²) in [6, 6.07) is 1.64. The van der Waals surface area contributed by atoms with E-state index in [1.807, 2.05) is 0 Å². The summed E-state index contributed by atoms with van der Waals surface area (Å²) in [7, 11) is 0. The summed E-state index contributed by atoms with van der Waals surface area (Å²) in [4.78, 5) is 28.2. The fraction of sp³-hybridized carbons (Fsp3) is 0.417. The molecule has 1 aromatic heterocycles. The molecule has 1 aliphatic rings. The van der Waals surface area contributed by atoms with E-state index in [4.69, 9.17) is 16.7 Å². The minimum atomic E-state index is -0.831. The molecule has 1 fully saturated rings. The highest BCUT2D eigenvalue weighted by molar-refractivity contribution is 6.33. The molecule has 5 nitrogen and oxygen atoms in total. The molecule has 0 aliphatic carbocycles. The molecule has 0 radical (unpaired) electrons. The van der Waals surface area contributed by atoms with Crippen molar-refractivity contribution in [3.8, 4) is 0 Å². The normalized spacial score (nSPS) is 15.3. The third-order valence-electron chi connectivity index (χ3n) is 2.93. The molecule has 0 atom stereocenters. The highest BCUT2D eigenvalue weighted by Gasteiger charge is 2.33. The number of amides is 1. The number of carboxylic acids is 1. The van der Waals surface area contributed by atoms with Crippen molar-refractivity contribution in [3.63, 3.8) is 0 Å². The highest BCUT2D eigenvalue weighted by atomic mass is 35.5. The predicted molar refractivity (Wildman–Crippen MR) is 65.6 cm³/mol.